The van der Waals surface area contributed by atoms with Gasteiger partial charge in [-0.05, 0) is 27.2 Å². The second kappa shape index (κ2) is 2.86. The maximum atomic E-state index is 11.6. The molecular weight excluding hydrogens is 182 g/mol. The summed E-state index contributed by atoms with van der Waals surface area (Å²) in [5.74, 6) is 0. The lowest BCUT2D eigenvalue weighted by Crippen LogP contribution is -2.36. The van der Waals surface area contributed by atoms with Crippen LogP contribution in [0.4, 0.5) is 4.79 Å². The van der Waals surface area contributed by atoms with E-state index >= 15 is 0 Å². The van der Waals surface area contributed by atoms with E-state index in [0.717, 1.165) is 19.6 Å². The van der Waals surface area contributed by atoms with Crippen LogP contribution < -0.4 is 0 Å². The van der Waals surface area contributed by atoms with Crippen molar-refractivity contribution in [2.75, 3.05) is 19.7 Å². The molecule has 0 bridgehead atoms. The highest BCUT2D eigenvalue weighted by molar-refractivity contribution is 5.68. The lowest BCUT2D eigenvalue weighted by Gasteiger charge is -2.24. The first-order valence-electron chi connectivity index (χ1n) is 5.02. The number of carbonyl (C=O) groups is 1. The van der Waals surface area contributed by atoms with Gasteiger partial charge in [0.1, 0.15) is 11.2 Å². The number of epoxide rings is 1. The van der Waals surface area contributed by atoms with Gasteiger partial charge in [0.2, 0.25) is 0 Å². The zero-order chi connectivity index (χ0) is 10.4. The summed E-state index contributed by atoms with van der Waals surface area (Å²) in [4.78, 5) is 13.4. The van der Waals surface area contributed by atoms with Gasteiger partial charge in [0, 0.05) is 6.54 Å². The minimum absolute atomic E-state index is 0.00307. The molecule has 2 aliphatic heterocycles. The van der Waals surface area contributed by atoms with Crippen LogP contribution in [-0.2, 0) is 9.47 Å². The van der Waals surface area contributed by atoms with Crippen LogP contribution in [0, 0.1) is 0 Å². The maximum absolute atomic E-state index is 11.6. The molecule has 0 unspecified atom stereocenters. The van der Waals surface area contributed by atoms with Gasteiger partial charge in [0.05, 0.1) is 13.2 Å². The lowest BCUT2D eigenvalue weighted by atomic mass is 10.1. The fourth-order valence-electron chi connectivity index (χ4n) is 1.66. The van der Waals surface area contributed by atoms with E-state index in [1.165, 1.54) is 0 Å². The number of carbonyl (C=O) groups excluding carboxylic acids is 1. The van der Waals surface area contributed by atoms with Crippen molar-refractivity contribution < 1.29 is 14.3 Å². The summed E-state index contributed by atoms with van der Waals surface area (Å²) < 4.78 is 10.6. The predicted octanol–water partition coefficient (Wildman–Crippen LogP) is 1.40. The quantitative estimate of drug-likeness (QED) is 0.554. The van der Waals surface area contributed by atoms with Crippen LogP contribution >= 0.6 is 0 Å². The number of hydrogen-bond acceptors (Lipinski definition) is 3. The smallest absolute Gasteiger partial charge is 0.410 e. The first kappa shape index (κ1) is 9.77. The molecule has 0 N–H and O–H groups in total. The molecule has 2 fully saturated rings. The molecule has 0 aromatic rings. The molecule has 2 heterocycles. The largest absolute Gasteiger partial charge is 0.444 e. The number of hydrogen-bond donors (Lipinski definition) is 0. The monoisotopic (exact) mass is 199 g/mol. The van der Waals surface area contributed by atoms with Crippen LogP contribution in [0.15, 0.2) is 0 Å². The summed E-state index contributed by atoms with van der Waals surface area (Å²) in [5, 5.41) is 0. The Morgan fingerprint density at radius 3 is 2.57 bits per heavy atom. The Morgan fingerprint density at radius 2 is 2.14 bits per heavy atom. The van der Waals surface area contributed by atoms with Crippen molar-refractivity contribution in [2.45, 2.75) is 38.4 Å². The first-order valence-corrected chi connectivity index (χ1v) is 5.02. The second-order valence-electron chi connectivity index (χ2n) is 5.12. The van der Waals surface area contributed by atoms with Crippen molar-refractivity contribution in [1.29, 1.82) is 0 Å². The highest BCUT2D eigenvalue weighted by atomic mass is 16.6. The van der Waals surface area contributed by atoms with Crippen molar-refractivity contribution >= 4 is 6.09 Å². The van der Waals surface area contributed by atoms with E-state index in [9.17, 15) is 4.79 Å². The zero-order valence-corrected chi connectivity index (χ0v) is 9.00. The Morgan fingerprint density at radius 1 is 1.50 bits per heavy atom. The van der Waals surface area contributed by atoms with Crippen LogP contribution in [0.2, 0.25) is 0 Å². The fraction of sp³-hybridized carbons (Fsp3) is 0.900. The number of amides is 1. The van der Waals surface area contributed by atoms with Crippen molar-refractivity contribution in [1.82, 2.24) is 4.90 Å². The maximum Gasteiger partial charge on any atom is 0.410 e. The molecular formula is C10H17NO3. The molecule has 0 radical (unpaired) electrons. The molecule has 2 saturated heterocycles. The molecule has 2 aliphatic rings. The van der Waals surface area contributed by atoms with Crippen LogP contribution in [0.3, 0.4) is 0 Å². The van der Waals surface area contributed by atoms with Crippen LogP contribution in [0.5, 0.6) is 0 Å². The van der Waals surface area contributed by atoms with Gasteiger partial charge in [-0.2, -0.15) is 0 Å². The molecule has 1 amide bonds. The Balaban J connectivity index is 1.87. The van der Waals surface area contributed by atoms with Crippen molar-refractivity contribution in [3.05, 3.63) is 0 Å². The third-order valence-corrected chi connectivity index (χ3v) is 2.52. The first-order chi connectivity index (χ1) is 6.40. The van der Waals surface area contributed by atoms with E-state index in [1.807, 2.05) is 20.8 Å². The van der Waals surface area contributed by atoms with E-state index in [1.54, 1.807) is 4.90 Å². The summed E-state index contributed by atoms with van der Waals surface area (Å²) in [7, 11) is 0. The third kappa shape index (κ3) is 2.00. The van der Waals surface area contributed by atoms with Crippen LogP contribution in [0.1, 0.15) is 27.2 Å². The van der Waals surface area contributed by atoms with Gasteiger partial charge in [0.15, 0.2) is 0 Å². The van der Waals surface area contributed by atoms with E-state index in [-0.39, 0.29) is 11.7 Å². The molecule has 4 nitrogen and oxygen atoms in total. The highest BCUT2D eigenvalue weighted by Crippen LogP contribution is 2.37. The molecule has 14 heavy (non-hydrogen) atoms. The lowest BCUT2D eigenvalue weighted by molar-refractivity contribution is 0.0283. The summed E-state index contributed by atoms with van der Waals surface area (Å²) in [5.41, 5.74) is -0.409. The number of rotatable bonds is 0. The Kier molecular flexibility index (Phi) is 2.00. The Hall–Kier alpha value is -0.770. The summed E-state index contributed by atoms with van der Waals surface area (Å²) in [6.07, 6.45) is 0.733. The minimum Gasteiger partial charge on any atom is -0.444 e. The van der Waals surface area contributed by atoms with E-state index in [2.05, 4.69) is 0 Å². The second-order valence-corrected chi connectivity index (χ2v) is 5.12. The topological polar surface area (TPSA) is 42.1 Å². The number of nitrogens with zero attached hydrogens (tertiary/aromatic N) is 1. The average molecular weight is 199 g/mol. The average Bonchev–Trinajstić information content (AvgIpc) is 2.57. The molecule has 0 aromatic heterocycles. The molecule has 1 spiro atoms. The molecule has 0 aromatic carbocycles. The predicted molar refractivity (Wildman–Crippen MR) is 51.1 cm³/mol. The van der Waals surface area contributed by atoms with Crippen LogP contribution in [0.25, 0.3) is 0 Å². The normalized spacial score (nSPS) is 30.9. The standard InChI is InChI=1S/C10H17NO3/c1-9(2,3)14-8(12)11-5-4-10(6-11)7-13-10/h4-7H2,1-3H3/t10-/m1/s1. The van der Waals surface area contributed by atoms with Gasteiger partial charge in [-0.15, -0.1) is 0 Å². The van der Waals surface area contributed by atoms with Gasteiger partial charge in [0.25, 0.3) is 0 Å². The Labute approximate surface area is 84.2 Å². The van der Waals surface area contributed by atoms with E-state index in [0.29, 0.717) is 6.54 Å². The Bertz CT molecular complexity index is 253. The fourth-order valence-corrected chi connectivity index (χ4v) is 1.66. The molecule has 1 atom stereocenters. The minimum atomic E-state index is -0.406. The van der Waals surface area contributed by atoms with Gasteiger partial charge in [-0.3, -0.25) is 0 Å². The van der Waals surface area contributed by atoms with E-state index < -0.39 is 5.60 Å². The molecule has 0 saturated carbocycles. The summed E-state index contributed by atoms with van der Waals surface area (Å²) >= 11 is 0. The third-order valence-electron chi connectivity index (χ3n) is 2.52. The van der Waals surface area contributed by atoms with Crippen molar-refractivity contribution in [3.63, 3.8) is 0 Å². The number of ether oxygens (including phenoxy) is 2. The molecule has 4 heteroatoms. The number of likely N-dealkylation sites (tertiary alicyclic amines) is 1. The summed E-state index contributed by atoms with van der Waals surface area (Å²) in [6, 6.07) is 0. The highest BCUT2D eigenvalue weighted by Gasteiger charge is 2.51. The molecule has 0 aliphatic carbocycles. The molecule has 2 rings (SSSR count). The van der Waals surface area contributed by atoms with Crippen molar-refractivity contribution in [3.8, 4) is 0 Å². The van der Waals surface area contributed by atoms with Crippen molar-refractivity contribution in [2.24, 2.45) is 0 Å². The summed E-state index contributed by atoms with van der Waals surface area (Å²) in [6.45, 7) is 7.89. The van der Waals surface area contributed by atoms with Crippen LogP contribution in [-0.4, -0.2) is 41.9 Å². The SMILES string of the molecule is CC(C)(C)OC(=O)N1CC[C@]2(CO2)C1. The van der Waals surface area contributed by atoms with Gasteiger partial charge < -0.3 is 14.4 Å². The van der Waals surface area contributed by atoms with Gasteiger partial charge >= 0.3 is 6.09 Å². The zero-order valence-electron chi connectivity index (χ0n) is 9.00. The molecule has 80 valence electrons. The van der Waals surface area contributed by atoms with E-state index in [4.69, 9.17) is 9.47 Å². The van der Waals surface area contributed by atoms with Gasteiger partial charge in [-0.1, -0.05) is 0 Å². The van der Waals surface area contributed by atoms with Gasteiger partial charge in [-0.25, -0.2) is 4.79 Å².